The second kappa shape index (κ2) is 3.81. The number of rotatable bonds is 3. The van der Waals surface area contributed by atoms with Gasteiger partial charge in [0.15, 0.2) is 4.90 Å². The lowest BCUT2D eigenvalue weighted by Gasteiger charge is -2.33. The minimum atomic E-state index is -3.73. The van der Waals surface area contributed by atoms with Crippen molar-refractivity contribution in [2.45, 2.75) is 30.2 Å². The van der Waals surface area contributed by atoms with Gasteiger partial charge in [-0.15, -0.1) is 0 Å². The summed E-state index contributed by atoms with van der Waals surface area (Å²) in [6, 6.07) is 0.00426. The summed E-state index contributed by atoms with van der Waals surface area (Å²) in [6.07, 6.45) is 3.77. The molecule has 5 nitrogen and oxygen atoms in total. The van der Waals surface area contributed by atoms with Gasteiger partial charge in [0.25, 0.3) is 0 Å². The number of sulfonamides is 1. The van der Waals surface area contributed by atoms with Crippen LogP contribution in [0.5, 0.6) is 0 Å². The van der Waals surface area contributed by atoms with Crippen molar-refractivity contribution in [3.05, 3.63) is 12.1 Å². The quantitative estimate of drug-likeness (QED) is 0.791. The second-order valence-corrected chi connectivity index (χ2v) is 6.00. The van der Waals surface area contributed by atoms with Gasteiger partial charge in [-0.1, -0.05) is 6.42 Å². The standard InChI is InChI=1S/C9H14FN3O2S/c1-12-9(10)8(6-11-12)16(14,15)13(2)7-4-3-5-7/h6-7H,3-5H2,1-2H3. The molecule has 7 heteroatoms. The van der Waals surface area contributed by atoms with Crippen LogP contribution in [0.15, 0.2) is 11.1 Å². The summed E-state index contributed by atoms with van der Waals surface area (Å²) in [5.41, 5.74) is 0. The van der Waals surface area contributed by atoms with E-state index in [1.54, 1.807) is 0 Å². The van der Waals surface area contributed by atoms with Crippen molar-refractivity contribution in [1.29, 1.82) is 0 Å². The molecule has 0 spiro atoms. The van der Waals surface area contributed by atoms with Crippen LogP contribution in [0.3, 0.4) is 0 Å². The maximum absolute atomic E-state index is 13.5. The minimum Gasteiger partial charge on any atom is -0.242 e. The lowest BCUT2D eigenvalue weighted by molar-refractivity contribution is 0.249. The molecule has 1 saturated carbocycles. The van der Waals surface area contributed by atoms with Crippen LogP contribution in [0.25, 0.3) is 0 Å². The van der Waals surface area contributed by atoms with E-state index in [0.29, 0.717) is 0 Å². The third kappa shape index (κ3) is 1.63. The van der Waals surface area contributed by atoms with Crippen LogP contribution in [0, 0.1) is 5.95 Å². The monoisotopic (exact) mass is 247 g/mol. The molecule has 1 aliphatic carbocycles. The summed E-state index contributed by atoms with van der Waals surface area (Å²) < 4.78 is 39.7. The van der Waals surface area contributed by atoms with E-state index in [1.165, 1.54) is 18.4 Å². The number of halogens is 1. The van der Waals surface area contributed by atoms with E-state index in [-0.39, 0.29) is 10.9 Å². The molecule has 0 atom stereocenters. The number of aryl methyl sites for hydroxylation is 1. The van der Waals surface area contributed by atoms with Crippen LogP contribution in [-0.2, 0) is 17.1 Å². The fraction of sp³-hybridized carbons (Fsp3) is 0.667. The summed E-state index contributed by atoms with van der Waals surface area (Å²) in [5.74, 6) is -0.814. The summed E-state index contributed by atoms with van der Waals surface area (Å²) >= 11 is 0. The molecule has 16 heavy (non-hydrogen) atoms. The van der Waals surface area contributed by atoms with Crippen LogP contribution in [-0.4, -0.2) is 35.6 Å². The van der Waals surface area contributed by atoms with E-state index in [2.05, 4.69) is 5.10 Å². The Morgan fingerprint density at radius 2 is 2.19 bits per heavy atom. The number of hydrogen-bond donors (Lipinski definition) is 0. The molecule has 1 fully saturated rings. The average Bonchev–Trinajstić information content (AvgIpc) is 2.45. The van der Waals surface area contributed by atoms with Gasteiger partial charge in [-0.05, 0) is 12.8 Å². The van der Waals surface area contributed by atoms with Crippen LogP contribution in [0.1, 0.15) is 19.3 Å². The van der Waals surface area contributed by atoms with E-state index < -0.39 is 16.0 Å². The van der Waals surface area contributed by atoms with Gasteiger partial charge in [-0.25, -0.2) is 13.1 Å². The third-order valence-electron chi connectivity index (χ3n) is 3.08. The molecule has 0 aliphatic heterocycles. The largest absolute Gasteiger partial charge is 0.249 e. The molecular weight excluding hydrogens is 233 g/mol. The summed E-state index contributed by atoms with van der Waals surface area (Å²) in [7, 11) is -0.870. The molecule has 0 N–H and O–H groups in total. The van der Waals surface area contributed by atoms with Crippen molar-refractivity contribution in [3.8, 4) is 0 Å². The fourth-order valence-corrected chi connectivity index (χ4v) is 3.12. The first-order chi connectivity index (χ1) is 7.44. The maximum atomic E-state index is 13.5. The Balaban J connectivity index is 2.34. The van der Waals surface area contributed by atoms with E-state index >= 15 is 0 Å². The van der Waals surface area contributed by atoms with Crippen molar-refractivity contribution in [2.24, 2.45) is 7.05 Å². The molecule has 1 heterocycles. The molecule has 1 aliphatic rings. The highest BCUT2D eigenvalue weighted by molar-refractivity contribution is 7.89. The van der Waals surface area contributed by atoms with Crippen molar-refractivity contribution < 1.29 is 12.8 Å². The SMILES string of the molecule is CN(C1CCC1)S(=O)(=O)c1cnn(C)c1F. The Morgan fingerprint density at radius 1 is 1.56 bits per heavy atom. The molecule has 90 valence electrons. The van der Waals surface area contributed by atoms with Gasteiger partial charge in [-0.2, -0.15) is 13.8 Å². The Morgan fingerprint density at radius 3 is 2.56 bits per heavy atom. The van der Waals surface area contributed by atoms with Gasteiger partial charge in [0.2, 0.25) is 16.0 Å². The van der Waals surface area contributed by atoms with E-state index in [9.17, 15) is 12.8 Å². The number of nitrogens with zero attached hydrogens (tertiary/aromatic N) is 3. The van der Waals surface area contributed by atoms with Crippen molar-refractivity contribution in [1.82, 2.24) is 14.1 Å². The molecule has 0 unspecified atom stereocenters. The minimum absolute atomic E-state index is 0.00426. The van der Waals surface area contributed by atoms with Crippen LogP contribution >= 0.6 is 0 Å². The Labute approximate surface area is 93.9 Å². The lowest BCUT2D eigenvalue weighted by atomic mass is 9.94. The topological polar surface area (TPSA) is 55.2 Å². The number of aromatic nitrogens is 2. The highest BCUT2D eigenvalue weighted by Crippen LogP contribution is 2.28. The highest BCUT2D eigenvalue weighted by atomic mass is 32.2. The lowest BCUT2D eigenvalue weighted by Crippen LogP contribution is -2.41. The van der Waals surface area contributed by atoms with Gasteiger partial charge >= 0.3 is 0 Å². The smallest absolute Gasteiger partial charge is 0.242 e. The molecule has 1 aromatic rings. The predicted molar refractivity (Wildman–Crippen MR) is 55.8 cm³/mol. The molecule has 0 saturated heterocycles. The zero-order valence-electron chi connectivity index (χ0n) is 9.22. The molecular formula is C9H14FN3O2S. The van der Waals surface area contributed by atoms with Gasteiger partial charge in [-0.3, -0.25) is 0 Å². The van der Waals surface area contributed by atoms with E-state index in [1.807, 2.05) is 0 Å². The molecule has 0 aromatic carbocycles. The molecule has 2 rings (SSSR count). The van der Waals surface area contributed by atoms with Crippen molar-refractivity contribution in [2.75, 3.05) is 7.05 Å². The van der Waals surface area contributed by atoms with E-state index in [4.69, 9.17) is 0 Å². The maximum Gasteiger partial charge on any atom is 0.249 e. The van der Waals surface area contributed by atoms with Crippen LogP contribution in [0.4, 0.5) is 4.39 Å². The molecule has 1 aromatic heterocycles. The fourth-order valence-electron chi connectivity index (χ4n) is 1.68. The summed E-state index contributed by atoms with van der Waals surface area (Å²) in [4.78, 5) is -0.343. The normalized spacial score (nSPS) is 17.8. The van der Waals surface area contributed by atoms with Crippen molar-refractivity contribution >= 4 is 10.0 Å². The van der Waals surface area contributed by atoms with Gasteiger partial charge in [0, 0.05) is 20.1 Å². The Hall–Kier alpha value is -0.950. The van der Waals surface area contributed by atoms with Gasteiger partial charge in [0.05, 0.1) is 6.20 Å². The first-order valence-electron chi connectivity index (χ1n) is 5.10. The molecule has 0 bridgehead atoms. The summed E-state index contributed by atoms with van der Waals surface area (Å²) in [5, 5.41) is 3.60. The Kier molecular flexibility index (Phi) is 2.75. The first-order valence-corrected chi connectivity index (χ1v) is 6.54. The molecule has 0 radical (unpaired) electrons. The van der Waals surface area contributed by atoms with E-state index in [0.717, 1.165) is 30.1 Å². The number of hydrogen-bond acceptors (Lipinski definition) is 3. The zero-order chi connectivity index (χ0) is 11.9. The average molecular weight is 247 g/mol. The van der Waals surface area contributed by atoms with Crippen molar-refractivity contribution in [3.63, 3.8) is 0 Å². The van der Waals surface area contributed by atoms with Crippen LogP contribution < -0.4 is 0 Å². The zero-order valence-corrected chi connectivity index (χ0v) is 10.0. The highest BCUT2D eigenvalue weighted by Gasteiger charge is 2.34. The Bertz CT molecular complexity index is 493. The third-order valence-corrected chi connectivity index (χ3v) is 4.97. The van der Waals surface area contributed by atoms with Gasteiger partial charge < -0.3 is 0 Å². The van der Waals surface area contributed by atoms with Gasteiger partial charge in [0.1, 0.15) is 0 Å². The predicted octanol–water partition coefficient (Wildman–Crippen LogP) is 0.732. The summed E-state index contributed by atoms with van der Waals surface area (Å²) in [6.45, 7) is 0. The second-order valence-electron chi connectivity index (χ2n) is 4.03. The van der Waals surface area contributed by atoms with Crippen LogP contribution in [0.2, 0.25) is 0 Å². The molecule has 0 amide bonds. The first kappa shape index (κ1) is 11.5.